The van der Waals surface area contributed by atoms with E-state index in [1.165, 1.54) is 33.1 Å². The van der Waals surface area contributed by atoms with Crippen LogP contribution in [0.4, 0.5) is 5.13 Å². The lowest BCUT2D eigenvalue weighted by molar-refractivity contribution is -0.132. The van der Waals surface area contributed by atoms with E-state index in [1.54, 1.807) is 18.2 Å². The van der Waals surface area contributed by atoms with Gasteiger partial charge in [-0.3, -0.25) is 14.5 Å². The van der Waals surface area contributed by atoms with Crippen molar-refractivity contribution < 1.29 is 19.4 Å². The first-order valence-electron chi connectivity index (χ1n) is 11.8. The number of rotatable bonds is 6. The molecular weight excluding hydrogens is 492 g/mol. The zero-order valence-electron chi connectivity index (χ0n) is 20.4. The molecule has 0 aliphatic carbocycles. The SMILES string of the molecule is CCOc1ccc(/C(O)=C2\C(=O)C(=O)N(c3nc4ccc(C(C)C)cc4s3)C2c2cccs2)cc1C. The minimum absolute atomic E-state index is 0.0631. The number of benzene rings is 2. The van der Waals surface area contributed by atoms with Crippen molar-refractivity contribution in [3.8, 4) is 5.75 Å². The number of carbonyl (C=O) groups is 2. The van der Waals surface area contributed by atoms with Crippen molar-refractivity contribution in [2.75, 3.05) is 11.5 Å². The minimum Gasteiger partial charge on any atom is -0.507 e. The summed E-state index contributed by atoms with van der Waals surface area (Å²) in [5.74, 6) is -0.554. The lowest BCUT2D eigenvalue weighted by Crippen LogP contribution is -2.28. The van der Waals surface area contributed by atoms with Crippen LogP contribution >= 0.6 is 22.7 Å². The fraction of sp³-hybridized carbons (Fsp3) is 0.250. The van der Waals surface area contributed by atoms with E-state index in [0.29, 0.717) is 29.0 Å². The van der Waals surface area contributed by atoms with Gasteiger partial charge in [0.2, 0.25) is 0 Å². The predicted molar refractivity (Wildman–Crippen MR) is 145 cm³/mol. The normalized spacial score (nSPS) is 17.5. The molecule has 1 N–H and O–H groups in total. The third kappa shape index (κ3) is 4.10. The van der Waals surface area contributed by atoms with Gasteiger partial charge in [0.05, 0.1) is 22.4 Å². The van der Waals surface area contributed by atoms with Gasteiger partial charge in [-0.15, -0.1) is 11.3 Å². The van der Waals surface area contributed by atoms with Gasteiger partial charge < -0.3 is 9.84 Å². The van der Waals surface area contributed by atoms with Crippen molar-refractivity contribution in [1.82, 2.24) is 4.98 Å². The van der Waals surface area contributed by atoms with Crippen LogP contribution in [0.5, 0.6) is 5.75 Å². The Morgan fingerprint density at radius 2 is 1.97 bits per heavy atom. The number of nitrogens with zero attached hydrogens (tertiary/aromatic N) is 2. The van der Waals surface area contributed by atoms with Crippen LogP contribution in [0.2, 0.25) is 0 Å². The highest BCUT2D eigenvalue weighted by molar-refractivity contribution is 7.22. The Balaban J connectivity index is 1.65. The molecule has 2 aromatic heterocycles. The van der Waals surface area contributed by atoms with Gasteiger partial charge in [0, 0.05) is 10.4 Å². The average Bonchev–Trinajstić information content (AvgIpc) is 3.58. The maximum Gasteiger partial charge on any atom is 0.301 e. The quantitative estimate of drug-likeness (QED) is 0.172. The summed E-state index contributed by atoms with van der Waals surface area (Å²) in [6.45, 7) is 8.56. The number of aryl methyl sites for hydroxylation is 1. The van der Waals surface area contributed by atoms with Gasteiger partial charge in [-0.1, -0.05) is 37.3 Å². The number of aliphatic hydroxyl groups is 1. The van der Waals surface area contributed by atoms with Crippen LogP contribution in [0.15, 0.2) is 59.5 Å². The molecule has 0 spiro atoms. The molecule has 6 nitrogen and oxygen atoms in total. The highest BCUT2D eigenvalue weighted by atomic mass is 32.1. The standard InChI is InChI=1S/C28H26N2O4S2/c1-5-34-20-11-9-18(13-16(20)4)25(31)23-24(21-7-6-12-35-21)30(27(33)26(23)32)28-29-19-10-8-17(15(2)3)14-22(19)36-28/h6-15,24,31H,5H2,1-4H3/b25-23+. The molecule has 4 aromatic rings. The van der Waals surface area contributed by atoms with Gasteiger partial charge in [-0.2, -0.15) is 0 Å². The predicted octanol–water partition coefficient (Wildman–Crippen LogP) is 6.81. The number of thiazole rings is 1. The van der Waals surface area contributed by atoms with E-state index in [9.17, 15) is 14.7 Å². The molecule has 0 bridgehead atoms. The molecule has 0 radical (unpaired) electrons. The molecule has 1 aliphatic rings. The van der Waals surface area contributed by atoms with Crippen LogP contribution in [0.25, 0.3) is 16.0 Å². The molecule has 1 fully saturated rings. The van der Waals surface area contributed by atoms with Gasteiger partial charge in [-0.05, 0) is 72.7 Å². The Hall–Kier alpha value is -3.49. The van der Waals surface area contributed by atoms with E-state index in [2.05, 4.69) is 19.9 Å². The Labute approximate surface area is 217 Å². The summed E-state index contributed by atoms with van der Waals surface area (Å²) in [7, 11) is 0. The number of carbonyl (C=O) groups excluding carboxylic acids is 2. The first-order valence-corrected chi connectivity index (χ1v) is 13.5. The average molecular weight is 519 g/mol. The van der Waals surface area contributed by atoms with E-state index in [0.717, 1.165) is 20.7 Å². The summed E-state index contributed by atoms with van der Waals surface area (Å²) >= 11 is 2.81. The highest BCUT2D eigenvalue weighted by Gasteiger charge is 2.48. The maximum absolute atomic E-state index is 13.4. The van der Waals surface area contributed by atoms with E-state index >= 15 is 0 Å². The number of thiophene rings is 1. The molecule has 1 saturated heterocycles. The molecule has 8 heteroatoms. The summed E-state index contributed by atoms with van der Waals surface area (Å²) in [6, 6.07) is 14.3. The zero-order chi connectivity index (χ0) is 25.6. The van der Waals surface area contributed by atoms with Crippen molar-refractivity contribution in [2.24, 2.45) is 0 Å². The number of fused-ring (bicyclic) bond motifs is 1. The Morgan fingerprint density at radius 1 is 1.17 bits per heavy atom. The fourth-order valence-electron chi connectivity index (χ4n) is 4.41. The third-order valence-electron chi connectivity index (χ3n) is 6.28. The van der Waals surface area contributed by atoms with Gasteiger partial charge in [0.25, 0.3) is 5.78 Å². The van der Waals surface area contributed by atoms with Gasteiger partial charge in [0.1, 0.15) is 17.6 Å². The summed E-state index contributed by atoms with van der Waals surface area (Å²) in [4.78, 5) is 33.7. The molecule has 2 aromatic carbocycles. The number of ketones is 1. The molecule has 184 valence electrons. The highest BCUT2D eigenvalue weighted by Crippen LogP contribution is 2.45. The van der Waals surface area contributed by atoms with E-state index < -0.39 is 17.7 Å². The van der Waals surface area contributed by atoms with Crippen LogP contribution in [0.1, 0.15) is 54.3 Å². The van der Waals surface area contributed by atoms with Crippen molar-refractivity contribution in [3.63, 3.8) is 0 Å². The molecular formula is C28H26N2O4S2. The zero-order valence-corrected chi connectivity index (χ0v) is 22.1. The number of aliphatic hydroxyl groups excluding tert-OH is 1. The second-order valence-electron chi connectivity index (χ2n) is 8.98. The minimum atomic E-state index is -0.762. The summed E-state index contributed by atoms with van der Waals surface area (Å²) in [5.41, 5.74) is 3.30. The van der Waals surface area contributed by atoms with Gasteiger partial charge >= 0.3 is 5.91 Å². The largest absolute Gasteiger partial charge is 0.507 e. The summed E-state index contributed by atoms with van der Waals surface area (Å²) < 4.78 is 6.56. The first-order chi connectivity index (χ1) is 17.3. The number of hydrogen-bond acceptors (Lipinski definition) is 7. The Kier molecular flexibility index (Phi) is 6.40. The number of amides is 1. The molecule has 5 rings (SSSR count). The number of ether oxygens (including phenoxy) is 1. The molecule has 1 aliphatic heterocycles. The first kappa shape index (κ1) is 24.2. The van der Waals surface area contributed by atoms with Crippen molar-refractivity contribution >= 4 is 55.5 Å². The molecule has 1 amide bonds. The van der Waals surface area contributed by atoms with E-state index in [-0.39, 0.29) is 11.3 Å². The lowest BCUT2D eigenvalue weighted by atomic mass is 9.99. The number of anilines is 1. The van der Waals surface area contributed by atoms with Crippen molar-refractivity contribution in [3.05, 3.63) is 81.1 Å². The monoisotopic (exact) mass is 518 g/mol. The van der Waals surface area contributed by atoms with Crippen molar-refractivity contribution in [2.45, 2.75) is 39.7 Å². The van der Waals surface area contributed by atoms with Crippen LogP contribution in [0.3, 0.4) is 0 Å². The molecule has 1 atom stereocenters. The smallest absolute Gasteiger partial charge is 0.301 e. The molecule has 36 heavy (non-hydrogen) atoms. The van der Waals surface area contributed by atoms with Crippen molar-refractivity contribution in [1.29, 1.82) is 0 Å². The lowest BCUT2D eigenvalue weighted by Gasteiger charge is -2.21. The maximum atomic E-state index is 13.4. The molecule has 0 saturated carbocycles. The second kappa shape index (κ2) is 9.52. The number of Topliss-reactive ketones (excluding diaryl/α,β-unsaturated/α-hetero) is 1. The topological polar surface area (TPSA) is 79.7 Å². The number of aromatic nitrogens is 1. The van der Waals surface area contributed by atoms with Crippen LogP contribution < -0.4 is 9.64 Å². The van der Waals surface area contributed by atoms with Crippen LogP contribution in [0, 0.1) is 6.92 Å². The second-order valence-corrected chi connectivity index (χ2v) is 11.0. The molecule has 3 heterocycles. The third-order valence-corrected chi connectivity index (χ3v) is 8.22. The summed E-state index contributed by atoms with van der Waals surface area (Å²) in [6.07, 6.45) is 0. The van der Waals surface area contributed by atoms with E-state index in [4.69, 9.17) is 9.72 Å². The van der Waals surface area contributed by atoms with Crippen LogP contribution in [-0.2, 0) is 9.59 Å². The van der Waals surface area contributed by atoms with E-state index in [1.807, 2.05) is 43.5 Å². The summed E-state index contributed by atoms with van der Waals surface area (Å²) in [5, 5.41) is 13.7. The van der Waals surface area contributed by atoms with Gasteiger partial charge in [-0.25, -0.2) is 4.98 Å². The Bertz CT molecular complexity index is 1500. The van der Waals surface area contributed by atoms with Gasteiger partial charge in [0.15, 0.2) is 5.13 Å². The molecule has 1 unspecified atom stereocenters. The Morgan fingerprint density at radius 3 is 2.64 bits per heavy atom. The number of hydrogen-bond donors (Lipinski definition) is 1. The van der Waals surface area contributed by atoms with Crippen LogP contribution in [-0.4, -0.2) is 28.4 Å². The fourth-order valence-corrected chi connectivity index (χ4v) is 6.27.